The summed E-state index contributed by atoms with van der Waals surface area (Å²) in [4.78, 5) is 13.0. The lowest BCUT2D eigenvalue weighted by molar-refractivity contribution is 0.988. The summed E-state index contributed by atoms with van der Waals surface area (Å²) >= 11 is 0. The lowest BCUT2D eigenvalue weighted by Gasteiger charge is -2.06. The maximum atomic E-state index is 6.01. The molecular formula is C14H15N5. The normalized spacial score (nSPS) is 11.1. The number of nitrogens with zero attached hydrogens (tertiary/aromatic N) is 4. The number of aromatic nitrogens is 4. The quantitative estimate of drug-likeness (QED) is 0.722. The summed E-state index contributed by atoms with van der Waals surface area (Å²) in [7, 11) is 0. The Balaban J connectivity index is 2.31. The molecule has 0 aliphatic carbocycles. The van der Waals surface area contributed by atoms with Gasteiger partial charge in [-0.25, -0.2) is 9.97 Å². The fourth-order valence-corrected chi connectivity index (χ4v) is 2.09. The van der Waals surface area contributed by atoms with Crippen molar-refractivity contribution in [1.29, 1.82) is 0 Å². The topological polar surface area (TPSA) is 69.6 Å². The average molecular weight is 253 g/mol. The SMILES string of the molecule is Cc1cnc(-n2c(N)nc3cc(C)c(C)cc32)cn1. The number of imidazole rings is 1. The molecule has 96 valence electrons. The van der Waals surface area contributed by atoms with Crippen LogP contribution < -0.4 is 5.73 Å². The number of nitrogen functional groups attached to an aromatic ring is 1. The molecule has 0 atom stereocenters. The highest BCUT2D eigenvalue weighted by Crippen LogP contribution is 2.24. The van der Waals surface area contributed by atoms with Crippen LogP contribution >= 0.6 is 0 Å². The molecular weight excluding hydrogens is 238 g/mol. The zero-order valence-corrected chi connectivity index (χ0v) is 11.2. The summed E-state index contributed by atoms with van der Waals surface area (Å²) in [6, 6.07) is 4.12. The van der Waals surface area contributed by atoms with Gasteiger partial charge in [-0.2, -0.15) is 0 Å². The molecule has 19 heavy (non-hydrogen) atoms. The molecule has 0 saturated carbocycles. The molecule has 0 spiro atoms. The summed E-state index contributed by atoms with van der Waals surface area (Å²) in [5, 5.41) is 0. The van der Waals surface area contributed by atoms with Crippen molar-refractivity contribution in [3.63, 3.8) is 0 Å². The van der Waals surface area contributed by atoms with Crippen molar-refractivity contribution < 1.29 is 0 Å². The Bertz CT molecular complexity index is 756. The molecule has 3 rings (SSSR count). The third-order valence-electron chi connectivity index (χ3n) is 3.29. The van der Waals surface area contributed by atoms with Gasteiger partial charge in [0.05, 0.1) is 29.1 Å². The predicted molar refractivity (Wildman–Crippen MR) is 75.3 cm³/mol. The molecule has 0 unspecified atom stereocenters. The second-order valence-electron chi connectivity index (χ2n) is 4.75. The van der Waals surface area contributed by atoms with Crippen LogP contribution in [0.25, 0.3) is 16.9 Å². The highest BCUT2D eigenvalue weighted by Gasteiger charge is 2.12. The van der Waals surface area contributed by atoms with Crippen LogP contribution in [0.2, 0.25) is 0 Å². The van der Waals surface area contributed by atoms with Gasteiger partial charge < -0.3 is 5.73 Å². The summed E-state index contributed by atoms with van der Waals surface area (Å²) in [5.41, 5.74) is 11.1. The molecule has 0 saturated heterocycles. The first-order valence-electron chi connectivity index (χ1n) is 6.10. The molecule has 2 N–H and O–H groups in total. The van der Waals surface area contributed by atoms with E-state index in [4.69, 9.17) is 5.73 Å². The van der Waals surface area contributed by atoms with Gasteiger partial charge in [0.2, 0.25) is 5.95 Å². The number of fused-ring (bicyclic) bond motifs is 1. The van der Waals surface area contributed by atoms with E-state index >= 15 is 0 Å². The number of benzene rings is 1. The second kappa shape index (κ2) is 4.05. The molecule has 5 nitrogen and oxygen atoms in total. The van der Waals surface area contributed by atoms with Crippen LogP contribution in [-0.4, -0.2) is 19.5 Å². The Kier molecular flexibility index (Phi) is 2.48. The minimum atomic E-state index is 0.429. The number of hydrogen-bond donors (Lipinski definition) is 1. The van der Waals surface area contributed by atoms with E-state index in [0.29, 0.717) is 11.8 Å². The van der Waals surface area contributed by atoms with E-state index in [1.807, 2.05) is 17.6 Å². The maximum Gasteiger partial charge on any atom is 0.207 e. The number of anilines is 1. The minimum absolute atomic E-state index is 0.429. The van der Waals surface area contributed by atoms with E-state index in [9.17, 15) is 0 Å². The van der Waals surface area contributed by atoms with E-state index in [2.05, 4.69) is 34.9 Å². The van der Waals surface area contributed by atoms with Crippen molar-refractivity contribution in [2.45, 2.75) is 20.8 Å². The monoisotopic (exact) mass is 253 g/mol. The molecule has 1 aromatic carbocycles. The van der Waals surface area contributed by atoms with Crippen molar-refractivity contribution in [1.82, 2.24) is 19.5 Å². The van der Waals surface area contributed by atoms with Crippen LogP contribution in [0.4, 0.5) is 5.95 Å². The number of aryl methyl sites for hydroxylation is 3. The minimum Gasteiger partial charge on any atom is -0.369 e. The Labute approximate surface area is 111 Å². The highest BCUT2D eigenvalue weighted by atomic mass is 15.2. The van der Waals surface area contributed by atoms with Crippen LogP contribution in [-0.2, 0) is 0 Å². The standard InChI is InChI=1S/C14H15N5/c1-8-4-11-12(5-9(8)2)19(14(15)18-11)13-7-16-10(3)6-17-13/h4-7H,1-3H3,(H2,15,18). The summed E-state index contributed by atoms with van der Waals surface area (Å²) < 4.78 is 1.83. The van der Waals surface area contributed by atoms with Crippen LogP contribution in [0.3, 0.4) is 0 Å². The fraction of sp³-hybridized carbons (Fsp3) is 0.214. The van der Waals surface area contributed by atoms with Gasteiger partial charge in [0.15, 0.2) is 5.82 Å². The molecule has 0 amide bonds. The van der Waals surface area contributed by atoms with Crippen LogP contribution in [0.5, 0.6) is 0 Å². The summed E-state index contributed by atoms with van der Waals surface area (Å²) in [5.74, 6) is 1.12. The van der Waals surface area contributed by atoms with Gasteiger partial charge in [-0.15, -0.1) is 0 Å². The largest absolute Gasteiger partial charge is 0.369 e. The van der Waals surface area contributed by atoms with E-state index in [1.54, 1.807) is 12.4 Å². The van der Waals surface area contributed by atoms with Crippen LogP contribution in [0.15, 0.2) is 24.5 Å². The average Bonchev–Trinajstić information content (AvgIpc) is 2.67. The zero-order chi connectivity index (χ0) is 13.6. The Morgan fingerprint density at radius 2 is 1.74 bits per heavy atom. The van der Waals surface area contributed by atoms with E-state index < -0.39 is 0 Å². The first-order valence-corrected chi connectivity index (χ1v) is 6.10. The molecule has 2 heterocycles. The third kappa shape index (κ3) is 1.83. The van der Waals surface area contributed by atoms with Gasteiger partial charge in [0.25, 0.3) is 0 Å². The van der Waals surface area contributed by atoms with Crippen molar-refractivity contribution in [2.24, 2.45) is 0 Å². The molecule has 0 fully saturated rings. The number of nitrogens with two attached hydrogens (primary N) is 1. The molecule has 5 heteroatoms. The van der Waals surface area contributed by atoms with Crippen molar-refractivity contribution in [3.8, 4) is 5.82 Å². The van der Waals surface area contributed by atoms with E-state index in [0.717, 1.165) is 16.7 Å². The van der Waals surface area contributed by atoms with E-state index in [-0.39, 0.29) is 0 Å². The highest BCUT2D eigenvalue weighted by molar-refractivity contribution is 5.82. The summed E-state index contributed by atoms with van der Waals surface area (Å²) in [6.07, 6.45) is 3.43. The van der Waals surface area contributed by atoms with Gasteiger partial charge in [0, 0.05) is 0 Å². The maximum absolute atomic E-state index is 6.01. The fourth-order valence-electron chi connectivity index (χ4n) is 2.09. The molecule has 0 aliphatic heterocycles. The molecule has 2 aromatic heterocycles. The number of hydrogen-bond acceptors (Lipinski definition) is 4. The predicted octanol–water partition coefficient (Wildman–Crippen LogP) is 2.32. The number of rotatable bonds is 1. The molecule has 3 aromatic rings. The zero-order valence-electron chi connectivity index (χ0n) is 11.2. The Morgan fingerprint density at radius 1 is 1.00 bits per heavy atom. The lowest BCUT2D eigenvalue weighted by Crippen LogP contribution is -2.03. The van der Waals surface area contributed by atoms with Gasteiger partial charge >= 0.3 is 0 Å². The molecule has 0 aliphatic rings. The van der Waals surface area contributed by atoms with Gasteiger partial charge in [-0.05, 0) is 44.0 Å². The van der Waals surface area contributed by atoms with Crippen LogP contribution in [0.1, 0.15) is 16.8 Å². The third-order valence-corrected chi connectivity index (χ3v) is 3.29. The van der Waals surface area contributed by atoms with Gasteiger partial charge in [-0.3, -0.25) is 9.55 Å². The Hall–Kier alpha value is -2.43. The smallest absolute Gasteiger partial charge is 0.207 e. The van der Waals surface area contributed by atoms with Gasteiger partial charge in [0.1, 0.15) is 0 Å². The lowest BCUT2D eigenvalue weighted by atomic mass is 10.1. The van der Waals surface area contributed by atoms with Crippen molar-refractivity contribution in [3.05, 3.63) is 41.3 Å². The van der Waals surface area contributed by atoms with Crippen molar-refractivity contribution in [2.75, 3.05) is 5.73 Å². The second-order valence-corrected chi connectivity index (χ2v) is 4.75. The molecule has 0 bridgehead atoms. The molecule has 0 radical (unpaired) electrons. The summed E-state index contributed by atoms with van der Waals surface area (Å²) in [6.45, 7) is 6.04. The van der Waals surface area contributed by atoms with E-state index in [1.165, 1.54) is 11.1 Å². The first kappa shape index (κ1) is 11.6. The van der Waals surface area contributed by atoms with Crippen molar-refractivity contribution >= 4 is 17.0 Å². The first-order chi connectivity index (χ1) is 9.06. The van der Waals surface area contributed by atoms with Crippen LogP contribution in [0, 0.1) is 20.8 Å². The Morgan fingerprint density at radius 3 is 2.42 bits per heavy atom. The van der Waals surface area contributed by atoms with Gasteiger partial charge in [-0.1, -0.05) is 0 Å².